The highest BCUT2D eigenvalue weighted by molar-refractivity contribution is 9.10. The number of para-hydroxylation sites is 1. The molecule has 0 atom stereocenters. The normalized spacial score (nSPS) is 10.8. The number of pyridine rings is 1. The smallest absolute Gasteiger partial charge is 0.323 e. The van der Waals surface area contributed by atoms with Crippen molar-refractivity contribution in [3.63, 3.8) is 0 Å². The van der Waals surface area contributed by atoms with Gasteiger partial charge in [-0.1, -0.05) is 40.2 Å². The zero-order valence-electron chi connectivity index (χ0n) is 12.2. The topological polar surface area (TPSA) is 59.3 Å². The van der Waals surface area contributed by atoms with Crippen LogP contribution in [0.2, 0.25) is 0 Å². The lowest BCUT2D eigenvalue weighted by molar-refractivity contribution is -0.137. The van der Waals surface area contributed by atoms with Gasteiger partial charge in [0.1, 0.15) is 6.54 Å². The lowest BCUT2D eigenvalue weighted by atomic mass is 10.0. The number of aliphatic carboxylic acids is 1. The second-order valence-corrected chi connectivity index (χ2v) is 6.24. The Labute approximate surface area is 141 Å². The van der Waals surface area contributed by atoms with E-state index in [1.807, 2.05) is 24.3 Å². The number of hydrogen-bond donors (Lipinski definition) is 1. The average Bonchev–Trinajstić information content (AvgIpc) is 2.53. The van der Waals surface area contributed by atoms with Gasteiger partial charge in [-0.2, -0.15) is 0 Å². The van der Waals surface area contributed by atoms with Crippen LogP contribution in [0.1, 0.15) is 11.1 Å². The van der Waals surface area contributed by atoms with Crippen LogP contribution in [0.15, 0.2) is 64.0 Å². The molecule has 0 aliphatic rings. The number of carbonyl (C=O) groups is 1. The summed E-state index contributed by atoms with van der Waals surface area (Å²) in [5, 5.41) is 9.65. The van der Waals surface area contributed by atoms with Crippen molar-refractivity contribution >= 4 is 32.8 Å². The summed E-state index contributed by atoms with van der Waals surface area (Å²) in [6.45, 7) is -0.172. The number of aromatic nitrogens is 1. The molecule has 3 rings (SSSR count). The van der Waals surface area contributed by atoms with Crippen molar-refractivity contribution in [2.75, 3.05) is 0 Å². The Morgan fingerprint density at radius 2 is 1.78 bits per heavy atom. The molecular formula is C18H14BrNO3. The van der Waals surface area contributed by atoms with E-state index in [2.05, 4.69) is 15.9 Å². The molecule has 0 radical (unpaired) electrons. The summed E-state index contributed by atoms with van der Waals surface area (Å²) in [4.78, 5) is 23.8. The fourth-order valence-electron chi connectivity index (χ4n) is 2.63. The van der Waals surface area contributed by atoms with Crippen molar-refractivity contribution in [3.8, 4) is 0 Å². The van der Waals surface area contributed by atoms with Gasteiger partial charge in [-0.05, 0) is 29.8 Å². The van der Waals surface area contributed by atoms with E-state index in [1.54, 1.807) is 35.0 Å². The number of hydrogen-bond acceptors (Lipinski definition) is 2. The molecule has 0 spiro atoms. The number of rotatable bonds is 4. The minimum atomic E-state index is -0.937. The third-order valence-corrected chi connectivity index (χ3v) is 4.20. The van der Waals surface area contributed by atoms with E-state index in [4.69, 9.17) is 5.11 Å². The van der Waals surface area contributed by atoms with E-state index in [0.29, 0.717) is 22.9 Å². The highest BCUT2D eigenvalue weighted by atomic mass is 79.9. The molecule has 4 nitrogen and oxygen atoms in total. The maximum Gasteiger partial charge on any atom is 0.323 e. The molecule has 116 valence electrons. The van der Waals surface area contributed by atoms with Gasteiger partial charge in [-0.15, -0.1) is 0 Å². The van der Waals surface area contributed by atoms with Crippen LogP contribution in [-0.4, -0.2) is 15.6 Å². The minimum Gasteiger partial charge on any atom is -0.480 e. The zero-order chi connectivity index (χ0) is 16.4. The first-order chi connectivity index (χ1) is 11.0. The third kappa shape index (κ3) is 3.35. The van der Waals surface area contributed by atoms with Gasteiger partial charge in [-0.3, -0.25) is 9.59 Å². The molecule has 0 saturated carbocycles. The molecule has 0 aliphatic heterocycles. The lowest BCUT2D eigenvalue weighted by Crippen LogP contribution is -2.18. The van der Waals surface area contributed by atoms with Gasteiger partial charge in [0.2, 0.25) is 0 Å². The molecule has 0 bridgehead atoms. The predicted octanol–water partition coefficient (Wildman–Crippen LogP) is 3.44. The monoisotopic (exact) mass is 371 g/mol. The quantitative estimate of drug-likeness (QED) is 0.763. The van der Waals surface area contributed by atoms with Crippen LogP contribution in [0.4, 0.5) is 0 Å². The van der Waals surface area contributed by atoms with E-state index >= 15 is 0 Å². The van der Waals surface area contributed by atoms with Crippen LogP contribution in [-0.2, 0) is 17.8 Å². The fraction of sp³-hybridized carbons (Fsp3) is 0.111. The minimum absolute atomic E-state index is 0.0508. The molecule has 5 heteroatoms. The van der Waals surface area contributed by atoms with Crippen molar-refractivity contribution in [1.82, 2.24) is 4.57 Å². The van der Waals surface area contributed by atoms with Crippen LogP contribution >= 0.6 is 15.9 Å². The van der Waals surface area contributed by atoms with E-state index in [-0.39, 0.29) is 12.0 Å². The molecule has 0 saturated heterocycles. The molecule has 3 aromatic rings. The van der Waals surface area contributed by atoms with Gasteiger partial charge in [-0.25, -0.2) is 0 Å². The molecule has 23 heavy (non-hydrogen) atoms. The summed E-state index contributed by atoms with van der Waals surface area (Å²) in [6.07, 6.45) is 2.12. The number of carboxylic acids is 1. The number of fused-ring (bicyclic) bond motifs is 1. The maximum absolute atomic E-state index is 12.7. The summed E-state index contributed by atoms with van der Waals surface area (Å²) in [7, 11) is 0. The van der Waals surface area contributed by atoms with Gasteiger partial charge < -0.3 is 9.67 Å². The van der Waals surface area contributed by atoms with E-state index in [1.165, 1.54) is 0 Å². The van der Waals surface area contributed by atoms with Gasteiger partial charge >= 0.3 is 5.97 Å². The third-order valence-electron chi connectivity index (χ3n) is 3.67. The van der Waals surface area contributed by atoms with Crippen LogP contribution in [0.3, 0.4) is 0 Å². The Hall–Kier alpha value is -2.40. The molecule has 1 N–H and O–H groups in total. The first-order valence-electron chi connectivity index (χ1n) is 7.12. The molecule has 0 aliphatic carbocycles. The highest BCUT2D eigenvalue weighted by Crippen LogP contribution is 2.16. The number of nitrogens with zero attached hydrogens (tertiary/aromatic N) is 1. The van der Waals surface area contributed by atoms with Crippen LogP contribution in [0, 0.1) is 0 Å². The molecule has 1 heterocycles. The highest BCUT2D eigenvalue weighted by Gasteiger charge is 2.11. The van der Waals surface area contributed by atoms with Crippen LogP contribution in [0.25, 0.3) is 10.9 Å². The zero-order valence-corrected chi connectivity index (χ0v) is 13.8. The molecule has 1 aromatic heterocycles. The van der Waals surface area contributed by atoms with Crippen molar-refractivity contribution in [2.24, 2.45) is 0 Å². The molecule has 0 fully saturated rings. The van der Waals surface area contributed by atoms with Gasteiger partial charge in [0.15, 0.2) is 5.43 Å². The second-order valence-electron chi connectivity index (χ2n) is 5.33. The molecule has 0 amide bonds. The van der Waals surface area contributed by atoms with Gasteiger partial charge in [0.25, 0.3) is 0 Å². The molecule has 0 unspecified atom stereocenters. The summed E-state index contributed by atoms with van der Waals surface area (Å²) < 4.78 is 2.59. The number of benzene rings is 2. The standard InChI is InChI=1S/C18H14BrNO3/c19-14-7-5-12(6-8-14)9-13-10-20(11-17(21)22)16-4-2-1-3-15(16)18(13)23/h1-8,10H,9,11H2,(H,21,22). The first-order valence-corrected chi connectivity index (χ1v) is 7.91. The molecular weight excluding hydrogens is 358 g/mol. The Bertz CT molecular complexity index is 929. The lowest BCUT2D eigenvalue weighted by Gasteiger charge is -2.11. The van der Waals surface area contributed by atoms with Crippen molar-refractivity contribution < 1.29 is 9.90 Å². The Morgan fingerprint density at radius 1 is 1.09 bits per heavy atom. The Kier molecular flexibility index (Phi) is 4.30. The predicted molar refractivity (Wildman–Crippen MR) is 92.8 cm³/mol. The maximum atomic E-state index is 12.7. The first kappa shape index (κ1) is 15.5. The fourth-order valence-corrected chi connectivity index (χ4v) is 2.89. The van der Waals surface area contributed by atoms with Gasteiger partial charge in [0, 0.05) is 28.0 Å². The van der Waals surface area contributed by atoms with Crippen LogP contribution < -0.4 is 5.43 Å². The van der Waals surface area contributed by atoms with Crippen molar-refractivity contribution in [2.45, 2.75) is 13.0 Å². The van der Waals surface area contributed by atoms with Gasteiger partial charge in [0.05, 0.1) is 5.52 Å². The summed E-state index contributed by atoms with van der Waals surface area (Å²) >= 11 is 3.39. The van der Waals surface area contributed by atoms with Crippen LogP contribution in [0.5, 0.6) is 0 Å². The van der Waals surface area contributed by atoms with E-state index in [9.17, 15) is 9.59 Å². The van der Waals surface area contributed by atoms with E-state index < -0.39 is 5.97 Å². The number of halogens is 1. The number of carboxylic acid groups (broad SMARTS) is 1. The summed E-state index contributed by atoms with van der Waals surface area (Å²) in [6, 6.07) is 14.8. The summed E-state index contributed by atoms with van der Waals surface area (Å²) in [5.74, 6) is -0.937. The Morgan fingerprint density at radius 3 is 2.48 bits per heavy atom. The van der Waals surface area contributed by atoms with E-state index in [0.717, 1.165) is 10.0 Å². The van der Waals surface area contributed by atoms with Crippen molar-refractivity contribution in [3.05, 3.63) is 80.6 Å². The van der Waals surface area contributed by atoms with Crippen molar-refractivity contribution in [1.29, 1.82) is 0 Å². The molecule has 2 aromatic carbocycles. The summed E-state index contributed by atoms with van der Waals surface area (Å²) in [5.41, 5.74) is 2.18. The average molecular weight is 372 g/mol. The second kappa shape index (κ2) is 6.38. The largest absolute Gasteiger partial charge is 0.480 e. The SMILES string of the molecule is O=C(O)Cn1cc(Cc2ccc(Br)cc2)c(=O)c2ccccc21. The Balaban J connectivity index is 2.12.